The average molecular weight is 228 g/mol. The molecule has 1 aliphatic carbocycles. The highest BCUT2D eigenvalue weighted by molar-refractivity contribution is 7.80. The molecule has 2 rings (SSSR count). The van der Waals surface area contributed by atoms with Crippen molar-refractivity contribution in [3.05, 3.63) is 29.8 Å². The van der Waals surface area contributed by atoms with Gasteiger partial charge in [0.2, 0.25) is 0 Å². The second-order valence-electron chi connectivity index (χ2n) is 3.47. The zero-order valence-electron chi connectivity index (χ0n) is 7.89. The Morgan fingerprint density at radius 2 is 2.07 bits per heavy atom. The van der Waals surface area contributed by atoms with E-state index in [0.717, 1.165) is 18.9 Å². The van der Waals surface area contributed by atoms with Gasteiger partial charge in [0.1, 0.15) is 0 Å². The van der Waals surface area contributed by atoms with Crippen molar-refractivity contribution in [1.29, 1.82) is 0 Å². The minimum Gasteiger partial charge on any atom is -0.360 e. The van der Waals surface area contributed by atoms with Crippen LogP contribution < -0.4 is 10.6 Å². The van der Waals surface area contributed by atoms with Crippen molar-refractivity contribution in [1.82, 2.24) is 5.32 Å². The van der Waals surface area contributed by atoms with Crippen LogP contribution in [0.4, 0.5) is 14.5 Å². The highest BCUT2D eigenvalue weighted by atomic mass is 32.1. The third-order valence-corrected chi connectivity index (χ3v) is 2.33. The van der Waals surface area contributed by atoms with Gasteiger partial charge in [-0.1, -0.05) is 6.07 Å². The zero-order chi connectivity index (χ0) is 10.8. The number of hydrogen-bond donors (Lipinski definition) is 2. The largest absolute Gasteiger partial charge is 0.360 e. The number of nitrogens with one attached hydrogen (secondary N) is 2. The summed E-state index contributed by atoms with van der Waals surface area (Å²) in [7, 11) is 0. The first kappa shape index (κ1) is 10.3. The van der Waals surface area contributed by atoms with Crippen molar-refractivity contribution in [2.75, 3.05) is 5.32 Å². The molecule has 1 aliphatic rings. The monoisotopic (exact) mass is 228 g/mol. The zero-order valence-corrected chi connectivity index (χ0v) is 8.70. The van der Waals surface area contributed by atoms with Crippen molar-refractivity contribution in [3.8, 4) is 0 Å². The first-order chi connectivity index (χ1) is 7.16. The van der Waals surface area contributed by atoms with Crippen LogP contribution in [0.2, 0.25) is 0 Å². The fourth-order valence-electron chi connectivity index (χ4n) is 1.17. The molecule has 80 valence electrons. The van der Waals surface area contributed by atoms with Gasteiger partial charge in [0.15, 0.2) is 16.7 Å². The van der Waals surface area contributed by atoms with E-state index in [1.807, 2.05) is 0 Å². The van der Waals surface area contributed by atoms with E-state index in [1.165, 1.54) is 12.1 Å². The van der Waals surface area contributed by atoms with E-state index in [2.05, 4.69) is 10.6 Å². The summed E-state index contributed by atoms with van der Waals surface area (Å²) in [6.07, 6.45) is 2.15. The second-order valence-corrected chi connectivity index (χ2v) is 3.88. The third-order valence-electron chi connectivity index (χ3n) is 2.11. The Morgan fingerprint density at radius 3 is 2.73 bits per heavy atom. The Morgan fingerprint density at radius 1 is 1.33 bits per heavy atom. The van der Waals surface area contributed by atoms with Gasteiger partial charge in [-0.15, -0.1) is 0 Å². The van der Waals surface area contributed by atoms with Crippen LogP contribution in [0.3, 0.4) is 0 Å². The summed E-state index contributed by atoms with van der Waals surface area (Å²) in [5.41, 5.74) is 0.0631. The number of thiocarbonyl (C=S) groups is 1. The molecule has 0 atom stereocenters. The first-order valence-corrected chi connectivity index (χ1v) is 5.09. The number of rotatable bonds is 2. The maximum absolute atomic E-state index is 13.2. The smallest absolute Gasteiger partial charge is 0.182 e. The molecule has 0 saturated heterocycles. The van der Waals surface area contributed by atoms with E-state index < -0.39 is 11.6 Å². The predicted octanol–water partition coefficient (Wildman–Crippen LogP) is 2.41. The van der Waals surface area contributed by atoms with E-state index in [1.54, 1.807) is 0 Å². The second kappa shape index (κ2) is 4.10. The topological polar surface area (TPSA) is 24.1 Å². The van der Waals surface area contributed by atoms with Gasteiger partial charge in [-0.05, 0) is 37.2 Å². The fraction of sp³-hybridized carbons (Fsp3) is 0.300. The van der Waals surface area contributed by atoms with Crippen molar-refractivity contribution < 1.29 is 8.78 Å². The highest BCUT2D eigenvalue weighted by Crippen LogP contribution is 2.20. The predicted molar refractivity (Wildman–Crippen MR) is 58.7 cm³/mol. The molecule has 2 N–H and O–H groups in total. The van der Waals surface area contributed by atoms with E-state index in [4.69, 9.17) is 12.2 Å². The molecule has 1 saturated carbocycles. The van der Waals surface area contributed by atoms with E-state index in [9.17, 15) is 8.78 Å². The van der Waals surface area contributed by atoms with Gasteiger partial charge in [-0.3, -0.25) is 0 Å². The van der Waals surface area contributed by atoms with Gasteiger partial charge in [-0.2, -0.15) is 0 Å². The number of hydrogen-bond acceptors (Lipinski definition) is 1. The molecule has 0 heterocycles. The number of benzene rings is 1. The minimum absolute atomic E-state index is 0.0631. The van der Waals surface area contributed by atoms with Crippen LogP contribution >= 0.6 is 12.2 Å². The number of anilines is 1. The van der Waals surface area contributed by atoms with Gasteiger partial charge in [0.25, 0.3) is 0 Å². The molecular weight excluding hydrogens is 218 g/mol. The van der Waals surface area contributed by atoms with Gasteiger partial charge in [0.05, 0.1) is 5.69 Å². The molecule has 0 spiro atoms. The van der Waals surface area contributed by atoms with Gasteiger partial charge in [-0.25, -0.2) is 8.78 Å². The normalized spacial score (nSPS) is 14.8. The standard InChI is InChI=1S/C10H10F2N2S/c11-7-2-1-3-8(9(7)12)14-10(15)13-6-4-5-6/h1-3,6H,4-5H2,(H2,13,14,15). The van der Waals surface area contributed by atoms with E-state index in [-0.39, 0.29) is 5.69 Å². The summed E-state index contributed by atoms with van der Waals surface area (Å²) in [5, 5.41) is 5.94. The molecule has 0 amide bonds. The average Bonchev–Trinajstić information content (AvgIpc) is 2.97. The molecular formula is C10H10F2N2S. The Bertz CT molecular complexity index is 391. The summed E-state index contributed by atoms with van der Waals surface area (Å²) in [6, 6.07) is 4.33. The SMILES string of the molecule is Fc1cccc(NC(=S)NC2CC2)c1F. The summed E-state index contributed by atoms with van der Waals surface area (Å²) in [4.78, 5) is 0. The lowest BCUT2D eigenvalue weighted by molar-refractivity contribution is 0.512. The maximum Gasteiger partial charge on any atom is 0.182 e. The van der Waals surface area contributed by atoms with E-state index >= 15 is 0 Å². The summed E-state index contributed by atoms with van der Waals surface area (Å²) >= 11 is 4.94. The Balaban J connectivity index is 2.02. The van der Waals surface area contributed by atoms with Crippen LogP contribution in [0.1, 0.15) is 12.8 Å². The molecule has 1 aromatic rings. The van der Waals surface area contributed by atoms with Gasteiger partial charge in [0, 0.05) is 6.04 Å². The molecule has 5 heteroatoms. The summed E-state index contributed by atoms with van der Waals surface area (Å²) in [6.45, 7) is 0. The third kappa shape index (κ3) is 2.62. The molecule has 0 bridgehead atoms. The first-order valence-electron chi connectivity index (χ1n) is 4.68. The molecule has 1 aromatic carbocycles. The molecule has 2 nitrogen and oxygen atoms in total. The molecule has 0 radical (unpaired) electrons. The van der Waals surface area contributed by atoms with E-state index in [0.29, 0.717) is 11.2 Å². The lowest BCUT2D eigenvalue weighted by Gasteiger charge is -2.10. The maximum atomic E-state index is 13.2. The fourth-order valence-corrected chi connectivity index (χ4v) is 1.45. The summed E-state index contributed by atoms with van der Waals surface area (Å²) < 4.78 is 26.0. The molecule has 15 heavy (non-hydrogen) atoms. The quantitative estimate of drug-likeness (QED) is 0.760. The highest BCUT2D eigenvalue weighted by Gasteiger charge is 2.22. The molecule has 0 aliphatic heterocycles. The van der Waals surface area contributed by atoms with Crippen LogP contribution in [0, 0.1) is 11.6 Å². The van der Waals surface area contributed by atoms with Crippen LogP contribution in [0.15, 0.2) is 18.2 Å². The van der Waals surface area contributed by atoms with Crippen LogP contribution in [0.5, 0.6) is 0 Å². The Kier molecular flexibility index (Phi) is 2.81. The molecule has 0 aromatic heterocycles. The van der Waals surface area contributed by atoms with Crippen LogP contribution in [-0.4, -0.2) is 11.2 Å². The van der Waals surface area contributed by atoms with Crippen molar-refractivity contribution in [2.45, 2.75) is 18.9 Å². The van der Waals surface area contributed by atoms with Crippen molar-refractivity contribution >= 4 is 23.0 Å². The van der Waals surface area contributed by atoms with Crippen molar-refractivity contribution in [2.24, 2.45) is 0 Å². The lowest BCUT2D eigenvalue weighted by atomic mass is 10.3. The van der Waals surface area contributed by atoms with Crippen LogP contribution in [0.25, 0.3) is 0 Å². The summed E-state index contributed by atoms with van der Waals surface area (Å²) in [5.74, 6) is -1.79. The Labute approximate surface area is 91.7 Å². The Hall–Kier alpha value is -1.23. The minimum atomic E-state index is -0.905. The van der Waals surface area contributed by atoms with Gasteiger partial charge < -0.3 is 10.6 Å². The molecule has 1 fully saturated rings. The molecule has 0 unspecified atom stereocenters. The van der Waals surface area contributed by atoms with Gasteiger partial charge >= 0.3 is 0 Å². The van der Waals surface area contributed by atoms with Crippen LogP contribution in [-0.2, 0) is 0 Å². The van der Waals surface area contributed by atoms with Crippen molar-refractivity contribution in [3.63, 3.8) is 0 Å². The number of halogens is 2. The lowest BCUT2D eigenvalue weighted by Crippen LogP contribution is -2.30.